The van der Waals surface area contributed by atoms with Crippen molar-refractivity contribution in [1.82, 2.24) is 0 Å². The number of rotatable bonds is 5. The van der Waals surface area contributed by atoms with E-state index in [0.717, 1.165) is 30.3 Å². The first-order valence-electron chi connectivity index (χ1n) is 6.10. The van der Waals surface area contributed by atoms with Gasteiger partial charge in [0.1, 0.15) is 0 Å². The summed E-state index contributed by atoms with van der Waals surface area (Å²) in [5, 5.41) is 15.6. The average molecular weight is 375 g/mol. The quantitative estimate of drug-likeness (QED) is 0.592. The van der Waals surface area contributed by atoms with Crippen LogP contribution in [-0.4, -0.2) is 21.8 Å². The zero-order valence-electron chi connectivity index (χ0n) is 11.7. The van der Waals surface area contributed by atoms with Crippen LogP contribution in [0.2, 0.25) is 0 Å². The lowest BCUT2D eigenvalue weighted by atomic mass is 10.3. The van der Waals surface area contributed by atoms with Crippen LogP contribution >= 0.6 is 0 Å². The second kappa shape index (κ2) is 6.14. The Morgan fingerprint density at radius 1 is 1.00 bits per heavy atom. The Kier molecular flexibility index (Phi) is 4.55. The molecule has 0 atom stereocenters. The zero-order valence-corrected chi connectivity index (χ0v) is 13.3. The molecule has 0 bridgehead atoms. The molecule has 2 aromatic carbocycles. The van der Waals surface area contributed by atoms with Crippen LogP contribution in [0.4, 0.5) is 15.8 Å². The van der Waals surface area contributed by atoms with Crippen molar-refractivity contribution in [1.29, 1.82) is 0 Å². The van der Waals surface area contributed by atoms with Gasteiger partial charge in [-0.3, -0.25) is 14.8 Å². The van der Waals surface area contributed by atoms with Crippen molar-refractivity contribution in [3.05, 3.63) is 58.4 Å². The van der Waals surface area contributed by atoms with E-state index in [1.165, 1.54) is 0 Å². The maximum Gasteiger partial charge on any atom is 0.306 e. The SMILES string of the molecule is NS(=O)(=O)c1ccc(NS(=O)(=O)c2ccc(F)c([N+](=O)[O-])c2)cc1. The monoisotopic (exact) mass is 375 g/mol. The van der Waals surface area contributed by atoms with Crippen LogP contribution in [-0.2, 0) is 20.0 Å². The highest BCUT2D eigenvalue weighted by atomic mass is 32.2. The lowest BCUT2D eigenvalue weighted by molar-refractivity contribution is -0.387. The average Bonchev–Trinajstić information content (AvgIpc) is 2.46. The first-order valence-corrected chi connectivity index (χ1v) is 9.13. The Labute approximate surface area is 136 Å². The number of nitrogens with two attached hydrogens (primary N) is 1. The van der Waals surface area contributed by atoms with E-state index in [1.807, 2.05) is 0 Å². The van der Waals surface area contributed by atoms with Crippen molar-refractivity contribution >= 4 is 31.4 Å². The van der Waals surface area contributed by atoms with Gasteiger partial charge in [-0.1, -0.05) is 0 Å². The van der Waals surface area contributed by atoms with Gasteiger partial charge in [0, 0.05) is 11.8 Å². The van der Waals surface area contributed by atoms with Crippen LogP contribution < -0.4 is 9.86 Å². The molecule has 0 aromatic heterocycles. The predicted octanol–water partition coefficient (Wildman–Crippen LogP) is 1.18. The van der Waals surface area contributed by atoms with Gasteiger partial charge in [-0.2, -0.15) is 4.39 Å². The molecule has 9 nitrogen and oxygen atoms in total. The smallest absolute Gasteiger partial charge is 0.280 e. The summed E-state index contributed by atoms with van der Waals surface area (Å²) in [5.41, 5.74) is -0.989. The van der Waals surface area contributed by atoms with E-state index < -0.39 is 41.4 Å². The van der Waals surface area contributed by atoms with Gasteiger partial charge in [-0.15, -0.1) is 0 Å². The van der Waals surface area contributed by atoms with Gasteiger partial charge in [-0.25, -0.2) is 22.0 Å². The zero-order chi connectivity index (χ0) is 18.1. The van der Waals surface area contributed by atoms with E-state index in [9.17, 15) is 31.3 Å². The Morgan fingerprint density at radius 2 is 1.54 bits per heavy atom. The maximum atomic E-state index is 13.3. The number of hydrogen-bond acceptors (Lipinski definition) is 6. The van der Waals surface area contributed by atoms with Crippen LogP contribution in [0.15, 0.2) is 52.3 Å². The van der Waals surface area contributed by atoms with E-state index in [-0.39, 0.29) is 10.6 Å². The van der Waals surface area contributed by atoms with Crippen molar-refractivity contribution < 1.29 is 26.1 Å². The van der Waals surface area contributed by atoms with Gasteiger partial charge < -0.3 is 0 Å². The molecule has 0 saturated carbocycles. The molecular weight excluding hydrogens is 365 g/mol. The molecule has 0 radical (unpaired) electrons. The standard InChI is InChI=1S/C12H10FN3O6S2/c13-11-6-5-10(7-12(11)16(17)18)24(21,22)15-8-1-3-9(4-2-8)23(14,19)20/h1-7,15H,(H2,14,19,20). The molecule has 0 unspecified atom stereocenters. The number of nitrogens with one attached hydrogen (secondary N) is 1. The number of hydrogen-bond donors (Lipinski definition) is 2. The number of anilines is 1. The molecule has 0 aliphatic carbocycles. The summed E-state index contributed by atoms with van der Waals surface area (Å²) in [5.74, 6) is -1.17. The highest BCUT2D eigenvalue weighted by Crippen LogP contribution is 2.23. The lowest BCUT2D eigenvalue weighted by Gasteiger charge is -2.08. The molecule has 0 saturated heterocycles. The maximum absolute atomic E-state index is 13.3. The highest BCUT2D eigenvalue weighted by molar-refractivity contribution is 7.92. The number of sulfonamides is 2. The van der Waals surface area contributed by atoms with Crippen molar-refractivity contribution in [2.75, 3.05) is 4.72 Å². The molecule has 0 spiro atoms. The van der Waals surface area contributed by atoms with Crippen LogP contribution in [0.3, 0.4) is 0 Å². The minimum absolute atomic E-state index is 0.00521. The minimum Gasteiger partial charge on any atom is -0.280 e. The van der Waals surface area contributed by atoms with E-state index in [0.29, 0.717) is 12.1 Å². The molecule has 0 amide bonds. The fourth-order valence-electron chi connectivity index (χ4n) is 1.73. The third kappa shape index (κ3) is 3.84. The second-order valence-corrected chi connectivity index (χ2v) is 7.79. The minimum atomic E-state index is -4.24. The molecule has 2 rings (SSSR count). The molecule has 0 aliphatic heterocycles. The highest BCUT2D eigenvalue weighted by Gasteiger charge is 2.21. The first-order chi connectivity index (χ1) is 11.0. The molecule has 0 aliphatic rings. The number of nitrogens with zero attached hydrogens (tertiary/aromatic N) is 1. The van der Waals surface area contributed by atoms with E-state index in [1.54, 1.807) is 0 Å². The molecule has 12 heteroatoms. The Bertz CT molecular complexity index is 1000. The summed E-state index contributed by atoms with van der Waals surface area (Å²) < 4.78 is 61.9. The van der Waals surface area contributed by atoms with Crippen molar-refractivity contribution in [2.24, 2.45) is 5.14 Å². The molecule has 24 heavy (non-hydrogen) atoms. The molecule has 3 N–H and O–H groups in total. The third-order valence-electron chi connectivity index (χ3n) is 2.86. The van der Waals surface area contributed by atoms with Crippen LogP contribution in [0.25, 0.3) is 0 Å². The van der Waals surface area contributed by atoms with Gasteiger partial charge in [-0.05, 0) is 36.4 Å². The number of benzene rings is 2. The molecule has 128 valence electrons. The predicted molar refractivity (Wildman–Crippen MR) is 81.7 cm³/mol. The van der Waals surface area contributed by atoms with Gasteiger partial charge in [0.2, 0.25) is 15.8 Å². The van der Waals surface area contributed by atoms with Crippen LogP contribution in [0, 0.1) is 15.9 Å². The Hall–Kier alpha value is -2.57. The van der Waals surface area contributed by atoms with Crippen LogP contribution in [0.5, 0.6) is 0 Å². The topological polar surface area (TPSA) is 149 Å². The number of nitro benzene ring substituents is 1. The summed E-state index contributed by atoms with van der Waals surface area (Å²) in [6.07, 6.45) is 0. The van der Waals surface area contributed by atoms with Gasteiger partial charge in [0.25, 0.3) is 10.0 Å². The fourth-order valence-corrected chi connectivity index (χ4v) is 3.32. The number of nitro groups is 1. The molecule has 0 fully saturated rings. The van der Waals surface area contributed by atoms with Crippen molar-refractivity contribution in [3.8, 4) is 0 Å². The summed E-state index contributed by atoms with van der Waals surface area (Å²) in [6.45, 7) is 0. The van der Waals surface area contributed by atoms with Crippen molar-refractivity contribution in [3.63, 3.8) is 0 Å². The molecule has 2 aromatic rings. The summed E-state index contributed by atoms with van der Waals surface area (Å²) in [7, 11) is -8.17. The number of halogens is 1. The largest absolute Gasteiger partial charge is 0.306 e. The van der Waals surface area contributed by atoms with Crippen molar-refractivity contribution in [2.45, 2.75) is 9.79 Å². The fraction of sp³-hybridized carbons (Fsp3) is 0. The lowest BCUT2D eigenvalue weighted by Crippen LogP contribution is -2.14. The van der Waals surface area contributed by atoms with E-state index >= 15 is 0 Å². The van der Waals surface area contributed by atoms with E-state index in [4.69, 9.17) is 5.14 Å². The molecule has 0 heterocycles. The van der Waals surface area contributed by atoms with Gasteiger partial charge in [0.05, 0.1) is 14.7 Å². The Morgan fingerprint density at radius 3 is 2.04 bits per heavy atom. The Balaban J connectivity index is 2.35. The van der Waals surface area contributed by atoms with Gasteiger partial charge >= 0.3 is 5.69 Å². The second-order valence-electron chi connectivity index (χ2n) is 4.55. The van der Waals surface area contributed by atoms with Crippen LogP contribution in [0.1, 0.15) is 0 Å². The summed E-state index contributed by atoms with van der Waals surface area (Å²) in [4.78, 5) is 8.88. The molecular formula is C12H10FN3O6S2. The number of primary sulfonamides is 1. The summed E-state index contributed by atoms with van der Waals surface area (Å²) in [6, 6.07) is 6.57. The van der Waals surface area contributed by atoms with E-state index in [2.05, 4.69) is 4.72 Å². The summed E-state index contributed by atoms with van der Waals surface area (Å²) >= 11 is 0. The normalized spacial score (nSPS) is 11.9. The first kappa shape index (κ1) is 17.8. The van der Waals surface area contributed by atoms with Gasteiger partial charge in [0.15, 0.2) is 0 Å². The third-order valence-corrected chi connectivity index (χ3v) is 5.17.